The Kier molecular flexibility index (Phi) is 4.65. The number of nitrogens with zero attached hydrogens (tertiary/aromatic N) is 5. The second-order valence-electron chi connectivity index (χ2n) is 6.37. The molecule has 0 aliphatic rings. The number of alkyl halides is 3. The van der Waals surface area contributed by atoms with Gasteiger partial charge in [0, 0.05) is 30.2 Å². The molecule has 11 heteroatoms. The maximum atomic E-state index is 13.8. The van der Waals surface area contributed by atoms with E-state index >= 15 is 0 Å². The summed E-state index contributed by atoms with van der Waals surface area (Å²) in [6.07, 6.45) is -2.21. The van der Waals surface area contributed by atoms with Crippen LogP contribution in [0, 0.1) is 0 Å². The average molecular weight is 416 g/mol. The second-order valence-corrected chi connectivity index (χ2v) is 6.37. The van der Waals surface area contributed by atoms with Crippen molar-refractivity contribution in [3.8, 4) is 11.7 Å². The van der Waals surface area contributed by atoms with Gasteiger partial charge in [0.25, 0.3) is 5.91 Å². The quantitative estimate of drug-likeness (QED) is 0.551. The van der Waals surface area contributed by atoms with Crippen LogP contribution in [-0.4, -0.2) is 37.6 Å². The molecule has 0 bridgehead atoms. The number of carbonyl (C=O) groups is 1. The number of aromatic nitrogens is 5. The number of amides is 1. The Morgan fingerprint density at radius 1 is 1.13 bits per heavy atom. The Morgan fingerprint density at radius 3 is 2.60 bits per heavy atom. The first-order chi connectivity index (χ1) is 14.3. The van der Waals surface area contributed by atoms with E-state index in [-0.39, 0.29) is 11.7 Å². The predicted octanol–water partition coefficient (Wildman–Crippen LogP) is 3.43. The Morgan fingerprint density at radius 2 is 1.93 bits per heavy atom. The summed E-state index contributed by atoms with van der Waals surface area (Å²) >= 11 is 0. The number of rotatable bonds is 4. The number of benzene rings is 1. The van der Waals surface area contributed by atoms with Crippen LogP contribution in [0.4, 0.5) is 18.9 Å². The van der Waals surface area contributed by atoms with Gasteiger partial charge >= 0.3 is 6.18 Å². The van der Waals surface area contributed by atoms with Gasteiger partial charge in [0.05, 0.1) is 24.6 Å². The predicted molar refractivity (Wildman–Crippen MR) is 102 cm³/mol. The molecular formula is C19H15F3N6O2. The van der Waals surface area contributed by atoms with Crippen molar-refractivity contribution >= 4 is 22.5 Å². The van der Waals surface area contributed by atoms with Gasteiger partial charge in [-0.3, -0.25) is 4.79 Å². The molecule has 1 N–H and O–H groups in total. The minimum atomic E-state index is -4.86. The molecule has 0 fully saturated rings. The maximum absolute atomic E-state index is 13.8. The zero-order valence-corrected chi connectivity index (χ0v) is 15.8. The van der Waals surface area contributed by atoms with Gasteiger partial charge < -0.3 is 14.6 Å². The minimum Gasteiger partial charge on any atom is -0.480 e. The lowest BCUT2D eigenvalue weighted by Crippen LogP contribution is -2.21. The summed E-state index contributed by atoms with van der Waals surface area (Å²) in [5.74, 6) is -1.01. The molecule has 0 saturated heterocycles. The standard InChI is InChI=1S/C19H15F3N6O2/c1-27-9-8-11-13(4-3-5-14(11)27)24-18(29)12-10-23-28(17(12)19(20,21)22)15-6-7-16(30-2)26-25-15/h3-10H,1-2H3,(H,24,29). The summed E-state index contributed by atoms with van der Waals surface area (Å²) < 4.78 is 48.7. The summed E-state index contributed by atoms with van der Waals surface area (Å²) in [6.45, 7) is 0. The Labute approximate surface area is 167 Å². The molecule has 3 aromatic heterocycles. The molecule has 0 aliphatic heterocycles. The summed E-state index contributed by atoms with van der Waals surface area (Å²) in [5, 5.41) is 14.3. The Balaban J connectivity index is 1.74. The van der Waals surface area contributed by atoms with Gasteiger partial charge in [-0.2, -0.15) is 18.3 Å². The molecule has 1 amide bonds. The van der Waals surface area contributed by atoms with Crippen LogP contribution in [0.2, 0.25) is 0 Å². The topological polar surface area (TPSA) is 86.9 Å². The van der Waals surface area contributed by atoms with E-state index in [0.29, 0.717) is 15.8 Å². The van der Waals surface area contributed by atoms with Crippen LogP contribution < -0.4 is 10.1 Å². The van der Waals surface area contributed by atoms with E-state index in [2.05, 4.69) is 20.6 Å². The van der Waals surface area contributed by atoms with Crippen molar-refractivity contribution in [2.45, 2.75) is 6.18 Å². The van der Waals surface area contributed by atoms with Crippen LogP contribution in [0.5, 0.6) is 5.88 Å². The molecule has 0 spiro atoms. The molecule has 0 saturated carbocycles. The fraction of sp³-hybridized carbons (Fsp3) is 0.158. The van der Waals surface area contributed by atoms with E-state index < -0.39 is 23.3 Å². The summed E-state index contributed by atoms with van der Waals surface area (Å²) in [5.41, 5.74) is -0.663. The number of nitrogens with one attached hydrogen (secondary N) is 1. The number of aryl methyl sites for hydroxylation is 1. The number of hydrogen-bond donors (Lipinski definition) is 1. The SMILES string of the molecule is COc1ccc(-n2ncc(C(=O)Nc3cccc4c3ccn4C)c2C(F)(F)F)nn1. The summed E-state index contributed by atoms with van der Waals surface area (Å²) in [6, 6.07) is 9.55. The van der Waals surface area contributed by atoms with E-state index in [4.69, 9.17) is 4.74 Å². The van der Waals surface area contributed by atoms with Gasteiger partial charge in [-0.15, -0.1) is 10.2 Å². The van der Waals surface area contributed by atoms with Crippen LogP contribution in [0.15, 0.2) is 48.8 Å². The van der Waals surface area contributed by atoms with E-state index in [0.717, 1.165) is 11.7 Å². The molecule has 0 radical (unpaired) electrons. The van der Waals surface area contributed by atoms with Crippen LogP contribution in [0.3, 0.4) is 0 Å². The number of carbonyl (C=O) groups excluding carboxylic acids is 1. The van der Waals surface area contributed by atoms with E-state index in [9.17, 15) is 18.0 Å². The van der Waals surface area contributed by atoms with Crippen LogP contribution in [0.25, 0.3) is 16.7 Å². The van der Waals surface area contributed by atoms with Crippen LogP contribution in [0.1, 0.15) is 16.1 Å². The van der Waals surface area contributed by atoms with E-state index in [1.165, 1.54) is 19.2 Å². The molecule has 4 aromatic rings. The number of halogens is 3. The van der Waals surface area contributed by atoms with Crippen molar-refractivity contribution in [3.63, 3.8) is 0 Å². The minimum absolute atomic E-state index is 0.133. The smallest absolute Gasteiger partial charge is 0.434 e. The number of methoxy groups -OCH3 is 1. The fourth-order valence-corrected chi connectivity index (χ4v) is 3.10. The van der Waals surface area contributed by atoms with Gasteiger partial charge in [-0.05, 0) is 24.3 Å². The molecule has 154 valence electrons. The van der Waals surface area contributed by atoms with Crippen molar-refractivity contribution in [1.82, 2.24) is 24.5 Å². The van der Waals surface area contributed by atoms with Gasteiger partial charge in [0.2, 0.25) is 5.88 Å². The van der Waals surface area contributed by atoms with Crippen molar-refractivity contribution in [2.75, 3.05) is 12.4 Å². The zero-order chi connectivity index (χ0) is 21.5. The number of ether oxygens (including phenoxy) is 1. The zero-order valence-electron chi connectivity index (χ0n) is 15.8. The summed E-state index contributed by atoms with van der Waals surface area (Å²) in [7, 11) is 3.18. The van der Waals surface area contributed by atoms with Gasteiger partial charge in [0.15, 0.2) is 11.5 Å². The third kappa shape index (κ3) is 3.34. The largest absolute Gasteiger partial charge is 0.480 e. The molecule has 3 heterocycles. The summed E-state index contributed by atoms with van der Waals surface area (Å²) in [4.78, 5) is 12.7. The highest BCUT2D eigenvalue weighted by Gasteiger charge is 2.41. The molecule has 1 aromatic carbocycles. The second kappa shape index (κ2) is 7.17. The third-order valence-electron chi connectivity index (χ3n) is 4.51. The van der Waals surface area contributed by atoms with Crippen LogP contribution >= 0.6 is 0 Å². The fourth-order valence-electron chi connectivity index (χ4n) is 3.10. The van der Waals surface area contributed by atoms with Crippen molar-refractivity contribution in [2.24, 2.45) is 7.05 Å². The van der Waals surface area contributed by atoms with Gasteiger partial charge in [0.1, 0.15) is 0 Å². The third-order valence-corrected chi connectivity index (χ3v) is 4.51. The molecule has 30 heavy (non-hydrogen) atoms. The van der Waals surface area contributed by atoms with Crippen molar-refractivity contribution < 1.29 is 22.7 Å². The van der Waals surface area contributed by atoms with Crippen LogP contribution in [-0.2, 0) is 13.2 Å². The molecule has 4 rings (SSSR count). The molecular weight excluding hydrogens is 401 g/mol. The molecule has 8 nitrogen and oxygen atoms in total. The highest BCUT2D eigenvalue weighted by atomic mass is 19.4. The van der Waals surface area contributed by atoms with Crippen molar-refractivity contribution in [3.05, 3.63) is 60.0 Å². The lowest BCUT2D eigenvalue weighted by molar-refractivity contribution is -0.143. The maximum Gasteiger partial charge on any atom is 0.434 e. The molecule has 0 atom stereocenters. The highest BCUT2D eigenvalue weighted by Crippen LogP contribution is 2.34. The normalized spacial score (nSPS) is 11.6. The first kappa shape index (κ1) is 19.4. The Hall–Kier alpha value is -3.89. The monoisotopic (exact) mass is 416 g/mol. The van der Waals surface area contributed by atoms with Gasteiger partial charge in [-0.25, -0.2) is 4.68 Å². The van der Waals surface area contributed by atoms with Gasteiger partial charge in [-0.1, -0.05) is 6.07 Å². The first-order valence-electron chi connectivity index (χ1n) is 8.68. The highest BCUT2D eigenvalue weighted by molar-refractivity contribution is 6.09. The average Bonchev–Trinajstić information content (AvgIpc) is 3.33. The van der Waals surface area contributed by atoms with Crippen molar-refractivity contribution in [1.29, 1.82) is 0 Å². The van der Waals surface area contributed by atoms with E-state index in [1.54, 1.807) is 24.4 Å². The molecule has 0 unspecified atom stereocenters. The lowest BCUT2D eigenvalue weighted by atomic mass is 10.2. The Bertz CT molecular complexity index is 1230. The molecule has 0 aliphatic carbocycles. The number of anilines is 1. The number of hydrogen-bond acceptors (Lipinski definition) is 5. The first-order valence-corrected chi connectivity index (χ1v) is 8.68. The lowest BCUT2D eigenvalue weighted by Gasteiger charge is -2.12. The van der Waals surface area contributed by atoms with E-state index in [1.807, 2.05) is 17.7 Å². The number of fused-ring (bicyclic) bond motifs is 1.